The SMILES string of the molecule is NCCC(O)c1cccc(S(=O)(=O)CC2CCCCC2)n1. The minimum atomic E-state index is -3.38. The minimum Gasteiger partial charge on any atom is -0.387 e. The highest BCUT2D eigenvalue weighted by Gasteiger charge is 2.24. The highest BCUT2D eigenvalue weighted by atomic mass is 32.2. The van der Waals surface area contributed by atoms with E-state index >= 15 is 0 Å². The van der Waals surface area contributed by atoms with E-state index in [1.807, 2.05) is 0 Å². The van der Waals surface area contributed by atoms with Crippen LogP contribution in [0.3, 0.4) is 0 Å². The Labute approximate surface area is 126 Å². The Bertz CT molecular complexity index is 554. The van der Waals surface area contributed by atoms with Gasteiger partial charge in [0.05, 0.1) is 17.6 Å². The van der Waals surface area contributed by atoms with Crippen molar-refractivity contribution in [1.29, 1.82) is 0 Å². The first-order chi connectivity index (χ1) is 10.0. The van der Waals surface area contributed by atoms with E-state index in [0.29, 0.717) is 18.7 Å². The number of rotatable bonds is 6. The molecule has 0 amide bonds. The van der Waals surface area contributed by atoms with Gasteiger partial charge in [-0.05, 0) is 43.9 Å². The molecule has 1 aromatic heterocycles. The second-order valence-electron chi connectivity index (χ2n) is 5.78. The predicted molar refractivity (Wildman–Crippen MR) is 81.5 cm³/mol. The number of aliphatic hydroxyl groups is 1. The van der Waals surface area contributed by atoms with E-state index in [1.54, 1.807) is 12.1 Å². The van der Waals surface area contributed by atoms with Gasteiger partial charge in [-0.25, -0.2) is 13.4 Å². The molecule has 1 unspecified atom stereocenters. The maximum Gasteiger partial charge on any atom is 0.195 e. The van der Waals surface area contributed by atoms with E-state index in [-0.39, 0.29) is 16.7 Å². The average molecular weight is 312 g/mol. The Hall–Kier alpha value is -0.980. The van der Waals surface area contributed by atoms with Crippen LogP contribution in [-0.4, -0.2) is 30.8 Å². The molecule has 21 heavy (non-hydrogen) atoms. The van der Waals surface area contributed by atoms with Crippen LogP contribution >= 0.6 is 0 Å². The third-order valence-electron chi connectivity index (χ3n) is 4.03. The van der Waals surface area contributed by atoms with Crippen LogP contribution in [0.4, 0.5) is 0 Å². The summed E-state index contributed by atoms with van der Waals surface area (Å²) in [5.74, 6) is 0.402. The maximum atomic E-state index is 12.5. The molecule has 2 rings (SSSR count). The highest BCUT2D eigenvalue weighted by molar-refractivity contribution is 7.91. The van der Waals surface area contributed by atoms with Crippen LogP contribution in [0.5, 0.6) is 0 Å². The van der Waals surface area contributed by atoms with E-state index in [1.165, 1.54) is 12.5 Å². The molecule has 1 fully saturated rings. The van der Waals surface area contributed by atoms with Crippen molar-refractivity contribution in [2.75, 3.05) is 12.3 Å². The number of nitrogens with zero attached hydrogens (tertiary/aromatic N) is 1. The molecule has 0 radical (unpaired) electrons. The summed E-state index contributed by atoms with van der Waals surface area (Å²) < 4.78 is 24.9. The van der Waals surface area contributed by atoms with Crippen molar-refractivity contribution in [2.24, 2.45) is 11.7 Å². The summed E-state index contributed by atoms with van der Waals surface area (Å²) in [6, 6.07) is 4.78. The van der Waals surface area contributed by atoms with Crippen molar-refractivity contribution < 1.29 is 13.5 Å². The van der Waals surface area contributed by atoms with Gasteiger partial charge in [0.2, 0.25) is 0 Å². The predicted octanol–water partition coefficient (Wildman–Crippen LogP) is 1.82. The summed E-state index contributed by atoms with van der Waals surface area (Å²) >= 11 is 0. The topological polar surface area (TPSA) is 93.3 Å². The van der Waals surface area contributed by atoms with Gasteiger partial charge in [0, 0.05) is 0 Å². The number of sulfone groups is 1. The Morgan fingerprint density at radius 1 is 1.29 bits per heavy atom. The largest absolute Gasteiger partial charge is 0.387 e. The lowest BCUT2D eigenvalue weighted by atomic mass is 9.91. The van der Waals surface area contributed by atoms with Crippen LogP contribution in [0.15, 0.2) is 23.2 Å². The molecule has 6 heteroatoms. The molecule has 0 saturated heterocycles. The molecule has 1 aliphatic carbocycles. The number of aromatic nitrogens is 1. The van der Waals surface area contributed by atoms with Gasteiger partial charge in [0.25, 0.3) is 0 Å². The molecule has 0 bridgehead atoms. The van der Waals surface area contributed by atoms with Gasteiger partial charge >= 0.3 is 0 Å². The van der Waals surface area contributed by atoms with Crippen LogP contribution in [0.2, 0.25) is 0 Å². The minimum absolute atomic E-state index is 0.0710. The zero-order chi connectivity index (χ0) is 15.3. The van der Waals surface area contributed by atoms with Crippen molar-refractivity contribution >= 4 is 9.84 Å². The fourth-order valence-electron chi connectivity index (χ4n) is 2.84. The molecular weight excluding hydrogens is 288 g/mol. The van der Waals surface area contributed by atoms with Gasteiger partial charge in [0.1, 0.15) is 0 Å². The van der Waals surface area contributed by atoms with Crippen LogP contribution in [0.1, 0.15) is 50.3 Å². The third kappa shape index (κ3) is 4.49. The molecule has 3 N–H and O–H groups in total. The summed E-state index contributed by atoms with van der Waals surface area (Å²) in [5, 5.41) is 9.97. The molecule has 0 spiro atoms. The summed E-state index contributed by atoms with van der Waals surface area (Å²) in [6.07, 6.45) is 4.96. The molecule has 1 atom stereocenters. The lowest BCUT2D eigenvalue weighted by Crippen LogP contribution is -2.20. The molecule has 5 nitrogen and oxygen atoms in total. The second kappa shape index (κ2) is 7.33. The Balaban J connectivity index is 2.13. The van der Waals surface area contributed by atoms with Crippen LogP contribution in [0, 0.1) is 5.92 Å². The molecule has 118 valence electrons. The Kier molecular flexibility index (Phi) is 5.72. The van der Waals surface area contributed by atoms with Gasteiger partial charge in [-0.15, -0.1) is 0 Å². The van der Waals surface area contributed by atoms with Crippen molar-refractivity contribution in [3.05, 3.63) is 23.9 Å². The number of nitrogens with two attached hydrogens (primary N) is 1. The number of pyridine rings is 1. The smallest absolute Gasteiger partial charge is 0.195 e. The molecule has 0 aliphatic heterocycles. The van der Waals surface area contributed by atoms with Crippen LogP contribution < -0.4 is 5.73 Å². The van der Waals surface area contributed by atoms with Crippen molar-refractivity contribution in [2.45, 2.75) is 49.7 Å². The van der Waals surface area contributed by atoms with Crippen molar-refractivity contribution in [3.8, 4) is 0 Å². The van der Waals surface area contributed by atoms with E-state index in [0.717, 1.165) is 25.7 Å². The quantitative estimate of drug-likeness (QED) is 0.835. The van der Waals surface area contributed by atoms with Crippen LogP contribution in [0.25, 0.3) is 0 Å². The zero-order valence-corrected chi connectivity index (χ0v) is 13.1. The molecule has 0 aromatic carbocycles. The lowest BCUT2D eigenvalue weighted by Gasteiger charge is -2.21. The van der Waals surface area contributed by atoms with E-state index in [2.05, 4.69) is 4.98 Å². The van der Waals surface area contributed by atoms with E-state index in [9.17, 15) is 13.5 Å². The first-order valence-electron chi connectivity index (χ1n) is 7.61. The third-order valence-corrected chi connectivity index (χ3v) is 5.80. The first kappa shape index (κ1) is 16.4. The van der Waals surface area contributed by atoms with E-state index in [4.69, 9.17) is 5.73 Å². The summed E-state index contributed by atoms with van der Waals surface area (Å²) in [6.45, 7) is 0.335. The van der Waals surface area contributed by atoms with Crippen molar-refractivity contribution in [3.63, 3.8) is 0 Å². The molecule has 1 aromatic rings. The average Bonchev–Trinajstić information content (AvgIpc) is 2.48. The van der Waals surface area contributed by atoms with Gasteiger partial charge < -0.3 is 10.8 Å². The molecule has 1 saturated carbocycles. The second-order valence-corrected chi connectivity index (χ2v) is 7.76. The van der Waals surface area contributed by atoms with Gasteiger partial charge in [-0.1, -0.05) is 25.3 Å². The maximum absolute atomic E-state index is 12.5. The molecule has 1 heterocycles. The number of hydrogen-bond acceptors (Lipinski definition) is 5. The molecular formula is C15H24N2O3S. The fourth-order valence-corrected chi connectivity index (χ4v) is 4.50. The standard InChI is InChI=1S/C15H24N2O3S/c16-10-9-14(18)13-7-4-8-15(17-13)21(19,20)11-12-5-2-1-3-6-12/h4,7-8,12,14,18H,1-3,5-6,9-11,16H2. The van der Waals surface area contributed by atoms with Gasteiger partial charge in [0.15, 0.2) is 14.9 Å². The first-order valence-corrected chi connectivity index (χ1v) is 9.26. The van der Waals surface area contributed by atoms with Crippen molar-refractivity contribution in [1.82, 2.24) is 4.98 Å². The van der Waals surface area contributed by atoms with Gasteiger partial charge in [-0.3, -0.25) is 0 Å². The van der Waals surface area contributed by atoms with E-state index < -0.39 is 15.9 Å². The summed E-state index contributed by atoms with van der Waals surface area (Å²) in [4.78, 5) is 4.13. The summed E-state index contributed by atoms with van der Waals surface area (Å²) in [7, 11) is -3.38. The fraction of sp³-hybridized carbons (Fsp3) is 0.667. The molecule has 1 aliphatic rings. The lowest BCUT2D eigenvalue weighted by molar-refractivity contribution is 0.165. The van der Waals surface area contributed by atoms with Gasteiger partial charge in [-0.2, -0.15) is 0 Å². The number of aliphatic hydroxyl groups excluding tert-OH is 1. The monoisotopic (exact) mass is 312 g/mol. The number of hydrogen-bond donors (Lipinski definition) is 2. The zero-order valence-electron chi connectivity index (χ0n) is 12.2. The Morgan fingerprint density at radius 2 is 2.00 bits per heavy atom. The Morgan fingerprint density at radius 3 is 2.67 bits per heavy atom. The summed E-state index contributed by atoms with van der Waals surface area (Å²) in [5.41, 5.74) is 5.79. The normalized spacial score (nSPS) is 18.6. The highest BCUT2D eigenvalue weighted by Crippen LogP contribution is 2.27. The van der Waals surface area contributed by atoms with Crippen LogP contribution in [-0.2, 0) is 9.84 Å².